The summed E-state index contributed by atoms with van der Waals surface area (Å²) >= 11 is 1.43. The molecule has 0 spiro atoms. The minimum atomic E-state index is -0.0845. The Balaban J connectivity index is 1.55. The number of benzene rings is 2. The molecule has 2 aromatic carbocycles. The van der Waals surface area contributed by atoms with Crippen LogP contribution in [0.1, 0.15) is 48.5 Å². The normalized spacial score (nSPS) is 22.2. The molecular weight excluding hydrogens is 408 g/mol. The molecular formula is C25H28N2O3S. The molecule has 0 saturated heterocycles. The molecule has 0 radical (unpaired) electrons. The fraction of sp³-hybridized carbons (Fsp3) is 0.360. The van der Waals surface area contributed by atoms with Gasteiger partial charge in [0, 0.05) is 23.5 Å². The van der Waals surface area contributed by atoms with Crippen LogP contribution in [0.3, 0.4) is 0 Å². The van der Waals surface area contributed by atoms with Crippen molar-refractivity contribution in [3.63, 3.8) is 0 Å². The monoisotopic (exact) mass is 436 g/mol. The third-order valence-electron chi connectivity index (χ3n) is 6.14. The van der Waals surface area contributed by atoms with Crippen molar-refractivity contribution in [1.82, 2.24) is 5.32 Å². The number of rotatable bonds is 4. The number of hydrogen-bond donors (Lipinski definition) is 1. The van der Waals surface area contributed by atoms with Crippen molar-refractivity contribution in [3.05, 3.63) is 58.5 Å². The molecule has 1 N–H and O–H groups in total. The van der Waals surface area contributed by atoms with Crippen molar-refractivity contribution in [3.8, 4) is 5.75 Å². The second kappa shape index (κ2) is 9.18. The van der Waals surface area contributed by atoms with E-state index >= 15 is 0 Å². The molecule has 2 aromatic rings. The van der Waals surface area contributed by atoms with Crippen LogP contribution in [0.25, 0.3) is 6.08 Å². The molecule has 6 heteroatoms. The zero-order valence-electron chi connectivity index (χ0n) is 18.2. The number of hydrogen-bond acceptors (Lipinski definition) is 4. The molecule has 1 fully saturated rings. The molecule has 0 bridgehead atoms. The number of nitrogens with zero attached hydrogens (tertiary/aromatic N) is 1. The minimum absolute atomic E-state index is 0.0647. The molecule has 2 aliphatic rings. The Morgan fingerprint density at radius 3 is 2.77 bits per heavy atom. The van der Waals surface area contributed by atoms with Crippen LogP contribution in [0.4, 0.5) is 5.69 Å². The first-order valence-electron chi connectivity index (χ1n) is 10.7. The number of methoxy groups -OCH3 is 1. The van der Waals surface area contributed by atoms with Gasteiger partial charge in [-0.2, -0.15) is 0 Å². The van der Waals surface area contributed by atoms with Crippen LogP contribution in [0, 0.1) is 5.92 Å². The van der Waals surface area contributed by atoms with Gasteiger partial charge in [0.25, 0.3) is 11.8 Å². The Kier molecular flexibility index (Phi) is 6.37. The van der Waals surface area contributed by atoms with Crippen molar-refractivity contribution in [2.24, 2.45) is 5.92 Å². The highest BCUT2D eigenvalue weighted by atomic mass is 32.2. The minimum Gasteiger partial charge on any atom is -0.497 e. The standard InChI is InChI=1S/C25H28N2O3S/c1-16-7-4-5-10-20(16)26-24(28)18-11-12-22-21(15-18)27(2)25(29)23(31-22)14-17-8-6-9-19(13-17)30-3/h6,8-9,11-16,20H,4-5,7,10H2,1-3H3,(H,26,28). The molecule has 1 saturated carbocycles. The number of anilines is 1. The van der Waals surface area contributed by atoms with Crippen LogP contribution in [0.15, 0.2) is 52.3 Å². The lowest BCUT2D eigenvalue weighted by Gasteiger charge is -2.30. The Hall–Kier alpha value is -2.73. The van der Waals surface area contributed by atoms with Crippen LogP contribution in [-0.4, -0.2) is 32.0 Å². The Morgan fingerprint density at radius 1 is 1.19 bits per heavy atom. The van der Waals surface area contributed by atoms with Crippen LogP contribution in [0.5, 0.6) is 5.75 Å². The lowest BCUT2D eigenvalue weighted by atomic mass is 9.86. The Bertz CT molecular complexity index is 1030. The number of carbonyl (C=O) groups is 2. The van der Waals surface area contributed by atoms with E-state index in [-0.39, 0.29) is 17.9 Å². The molecule has 162 valence electrons. The lowest BCUT2D eigenvalue weighted by molar-refractivity contribution is -0.114. The SMILES string of the molecule is COc1cccc(C=C2Sc3ccc(C(=O)NC4CCCCC4C)cc3N(C)C2=O)c1. The van der Waals surface area contributed by atoms with Gasteiger partial charge in [0.2, 0.25) is 0 Å². The molecule has 4 rings (SSSR count). The molecule has 31 heavy (non-hydrogen) atoms. The number of carbonyl (C=O) groups excluding carboxylic acids is 2. The second-order valence-electron chi connectivity index (χ2n) is 8.28. The maximum atomic E-state index is 13.0. The number of ether oxygens (including phenoxy) is 1. The smallest absolute Gasteiger partial charge is 0.264 e. The number of thioether (sulfide) groups is 1. The fourth-order valence-corrected chi connectivity index (χ4v) is 5.29. The van der Waals surface area contributed by atoms with Crippen molar-refractivity contribution < 1.29 is 14.3 Å². The summed E-state index contributed by atoms with van der Waals surface area (Å²) in [7, 11) is 3.38. The van der Waals surface area contributed by atoms with Gasteiger partial charge < -0.3 is 15.0 Å². The number of amides is 2. The van der Waals surface area contributed by atoms with E-state index in [4.69, 9.17) is 4.74 Å². The average molecular weight is 437 g/mol. The Morgan fingerprint density at radius 2 is 2.00 bits per heavy atom. The summed E-state index contributed by atoms with van der Waals surface area (Å²) in [6.07, 6.45) is 6.47. The fourth-order valence-electron chi connectivity index (χ4n) is 4.20. The van der Waals surface area contributed by atoms with Gasteiger partial charge in [0.15, 0.2) is 0 Å². The first-order chi connectivity index (χ1) is 15.0. The maximum Gasteiger partial charge on any atom is 0.264 e. The quantitative estimate of drug-likeness (QED) is 0.677. The highest BCUT2D eigenvalue weighted by Crippen LogP contribution is 2.42. The van der Waals surface area contributed by atoms with Gasteiger partial charge >= 0.3 is 0 Å². The van der Waals surface area contributed by atoms with Gasteiger partial charge in [0.1, 0.15) is 5.75 Å². The number of likely N-dealkylation sites (N-methyl/N-ethyl adjacent to an activating group) is 1. The predicted octanol–water partition coefficient (Wildman–Crippen LogP) is 5.11. The van der Waals surface area contributed by atoms with Crippen molar-refractivity contribution >= 4 is 35.3 Å². The summed E-state index contributed by atoms with van der Waals surface area (Å²) in [6.45, 7) is 2.20. The zero-order chi connectivity index (χ0) is 22.0. The number of nitrogens with one attached hydrogen (secondary N) is 1. The molecule has 5 nitrogen and oxygen atoms in total. The second-order valence-corrected chi connectivity index (χ2v) is 9.36. The molecule has 1 aliphatic carbocycles. The number of fused-ring (bicyclic) bond motifs is 1. The van der Waals surface area contributed by atoms with Crippen LogP contribution in [0.2, 0.25) is 0 Å². The van der Waals surface area contributed by atoms with E-state index in [1.807, 2.05) is 48.5 Å². The third-order valence-corrected chi connectivity index (χ3v) is 7.21. The van der Waals surface area contributed by atoms with Crippen molar-refractivity contribution in [2.45, 2.75) is 43.5 Å². The first-order valence-corrected chi connectivity index (χ1v) is 11.5. The van der Waals surface area contributed by atoms with Crippen LogP contribution < -0.4 is 15.0 Å². The van der Waals surface area contributed by atoms with E-state index in [1.165, 1.54) is 18.2 Å². The van der Waals surface area contributed by atoms with Crippen molar-refractivity contribution in [1.29, 1.82) is 0 Å². The summed E-state index contributed by atoms with van der Waals surface area (Å²) in [5, 5.41) is 3.20. The maximum absolute atomic E-state index is 13.0. The van der Waals surface area contributed by atoms with E-state index in [1.54, 1.807) is 19.1 Å². The first kappa shape index (κ1) is 21.5. The summed E-state index contributed by atoms with van der Waals surface area (Å²) in [5.41, 5.74) is 2.27. The highest BCUT2D eigenvalue weighted by molar-refractivity contribution is 8.04. The van der Waals surface area contributed by atoms with Crippen LogP contribution >= 0.6 is 11.8 Å². The van der Waals surface area contributed by atoms with Gasteiger partial charge in [-0.25, -0.2) is 0 Å². The average Bonchev–Trinajstić information content (AvgIpc) is 2.78. The molecule has 1 aliphatic heterocycles. The summed E-state index contributed by atoms with van der Waals surface area (Å²) in [5.74, 6) is 1.10. The van der Waals surface area contributed by atoms with Gasteiger partial charge in [-0.05, 0) is 60.7 Å². The van der Waals surface area contributed by atoms with Gasteiger partial charge in [-0.15, -0.1) is 0 Å². The molecule has 1 heterocycles. The van der Waals surface area contributed by atoms with E-state index in [0.717, 1.165) is 41.2 Å². The van der Waals surface area contributed by atoms with E-state index in [9.17, 15) is 9.59 Å². The summed E-state index contributed by atoms with van der Waals surface area (Å²) in [4.78, 5) is 29.1. The summed E-state index contributed by atoms with van der Waals surface area (Å²) in [6, 6.07) is 13.4. The predicted molar refractivity (Wildman–Crippen MR) is 126 cm³/mol. The Labute approximate surface area is 187 Å². The third kappa shape index (κ3) is 4.64. The lowest BCUT2D eigenvalue weighted by Crippen LogP contribution is -2.41. The molecule has 2 amide bonds. The van der Waals surface area contributed by atoms with Gasteiger partial charge in [-0.3, -0.25) is 9.59 Å². The topological polar surface area (TPSA) is 58.6 Å². The largest absolute Gasteiger partial charge is 0.497 e. The summed E-state index contributed by atoms with van der Waals surface area (Å²) < 4.78 is 5.28. The van der Waals surface area contributed by atoms with E-state index in [0.29, 0.717) is 16.4 Å². The van der Waals surface area contributed by atoms with E-state index < -0.39 is 0 Å². The van der Waals surface area contributed by atoms with Crippen molar-refractivity contribution in [2.75, 3.05) is 19.1 Å². The van der Waals surface area contributed by atoms with Gasteiger partial charge in [-0.1, -0.05) is 43.7 Å². The molecule has 2 unspecified atom stereocenters. The zero-order valence-corrected chi connectivity index (χ0v) is 19.0. The van der Waals surface area contributed by atoms with Crippen LogP contribution in [-0.2, 0) is 4.79 Å². The van der Waals surface area contributed by atoms with Gasteiger partial charge in [0.05, 0.1) is 17.7 Å². The highest BCUT2D eigenvalue weighted by Gasteiger charge is 2.28. The molecule has 2 atom stereocenters. The molecule has 0 aromatic heterocycles. The van der Waals surface area contributed by atoms with E-state index in [2.05, 4.69) is 12.2 Å².